The highest BCUT2D eigenvalue weighted by molar-refractivity contribution is 5.93. The normalized spacial score (nSPS) is 11.0. The van der Waals surface area contributed by atoms with Gasteiger partial charge in [0, 0.05) is 31.9 Å². The molecule has 10 heteroatoms. The maximum Gasteiger partial charge on any atom is 0.414 e. The molecular weight excluding hydrogens is 498 g/mol. The summed E-state index contributed by atoms with van der Waals surface area (Å²) in [7, 11) is 1.70. The van der Waals surface area contributed by atoms with Gasteiger partial charge in [0.15, 0.2) is 0 Å². The van der Waals surface area contributed by atoms with Crippen molar-refractivity contribution in [2.24, 2.45) is 0 Å². The zero-order valence-corrected chi connectivity index (χ0v) is 23.2. The molecule has 10 nitrogen and oxygen atoms in total. The van der Waals surface area contributed by atoms with Gasteiger partial charge in [-0.1, -0.05) is 35.9 Å². The smallest absolute Gasteiger partial charge is 0.414 e. The fraction of sp³-hybridized carbons (Fsp3) is 0.379. The summed E-state index contributed by atoms with van der Waals surface area (Å²) in [6, 6.07) is 16.8. The monoisotopic (exact) mass is 535 g/mol. The van der Waals surface area contributed by atoms with Gasteiger partial charge in [-0.15, -0.1) is 0 Å². The quantitative estimate of drug-likeness (QED) is 0.388. The molecule has 3 aromatic rings. The molecule has 0 spiro atoms. The third kappa shape index (κ3) is 9.81. The van der Waals surface area contributed by atoms with Gasteiger partial charge in [0.2, 0.25) is 11.8 Å². The van der Waals surface area contributed by atoms with Crippen molar-refractivity contribution in [2.45, 2.75) is 46.3 Å². The van der Waals surface area contributed by atoms with Crippen LogP contribution in [0.1, 0.15) is 32.8 Å². The molecule has 39 heavy (non-hydrogen) atoms. The SMILES string of the molecule is Cc1ccc(OCCN(C)C(=O)Cn2cc(NC(=O)CCN(C(=O)OC(C)(C)C)c3ccccc3)cn2)cc1. The highest BCUT2D eigenvalue weighted by atomic mass is 16.6. The number of para-hydroxylation sites is 1. The highest BCUT2D eigenvalue weighted by Gasteiger charge is 2.24. The number of carbonyl (C=O) groups excluding carboxylic acids is 3. The van der Waals surface area contributed by atoms with Crippen LogP contribution in [0.2, 0.25) is 0 Å². The van der Waals surface area contributed by atoms with Crippen LogP contribution in [0.4, 0.5) is 16.2 Å². The lowest BCUT2D eigenvalue weighted by molar-refractivity contribution is -0.131. The Balaban J connectivity index is 1.47. The molecule has 0 aliphatic carbocycles. The molecule has 0 radical (unpaired) electrons. The number of amides is 3. The van der Waals surface area contributed by atoms with Gasteiger partial charge >= 0.3 is 6.09 Å². The number of nitrogens with one attached hydrogen (secondary N) is 1. The average molecular weight is 536 g/mol. The third-order valence-electron chi connectivity index (χ3n) is 5.60. The molecule has 0 atom stereocenters. The van der Waals surface area contributed by atoms with Crippen molar-refractivity contribution in [1.29, 1.82) is 0 Å². The van der Waals surface area contributed by atoms with Crippen molar-refractivity contribution in [1.82, 2.24) is 14.7 Å². The maximum absolute atomic E-state index is 12.8. The molecule has 0 bridgehead atoms. The van der Waals surface area contributed by atoms with E-state index in [-0.39, 0.29) is 31.3 Å². The van der Waals surface area contributed by atoms with Crippen LogP contribution >= 0.6 is 0 Å². The number of nitrogens with zero attached hydrogens (tertiary/aromatic N) is 4. The molecule has 0 saturated heterocycles. The second-order valence-corrected chi connectivity index (χ2v) is 10.2. The van der Waals surface area contributed by atoms with E-state index in [0.29, 0.717) is 24.5 Å². The van der Waals surface area contributed by atoms with Crippen molar-refractivity contribution < 1.29 is 23.9 Å². The van der Waals surface area contributed by atoms with Gasteiger partial charge in [-0.3, -0.25) is 19.2 Å². The summed E-state index contributed by atoms with van der Waals surface area (Å²) in [5.74, 6) is 0.321. The van der Waals surface area contributed by atoms with Crippen LogP contribution in [0.15, 0.2) is 67.0 Å². The molecule has 1 heterocycles. The standard InChI is InChI=1S/C29H37N5O5/c1-22-11-13-25(14-12-22)38-18-17-32(5)27(36)21-33-20-23(19-30-33)31-26(35)15-16-34(24-9-7-6-8-10-24)28(37)39-29(2,3)4/h6-14,19-20H,15-18,21H2,1-5H3,(H,31,35). The lowest BCUT2D eigenvalue weighted by atomic mass is 10.2. The van der Waals surface area contributed by atoms with Gasteiger partial charge in [0.1, 0.15) is 24.5 Å². The highest BCUT2D eigenvalue weighted by Crippen LogP contribution is 2.19. The molecule has 3 rings (SSSR count). The summed E-state index contributed by atoms with van der Waals surface area (Å²) in [5, 5.41) is 6.95. The number of likely N-dealkylation sites (N-methyl/N-ethyl adjacent to an activating group) is 1. The second kappa shape index (κ2) is 13.5. The van der Waals surface area contributed by atoms with Gasteiger partial charge in [-0.05, 0) is 52.0 Å². The number of rotatable bonds is 11. The van der Waals surface area contributed by atoms with Crippen LogP contribution in [0.3, 0.4) is 0 Å². The van der Waals surface area contributed by atoms with E-state index in [2.05, 4.69) is 10.4 Å². The molecule has 1 aromatic heterocycles. The Morgan fingerprint density at radius 2 is 1.69 bits per heavy atom. The Kier molecular flexibility index (Phi) is 10.1. The number of hydrogen-bond donors (Lipinski definition) is 1. The van der Waals surface area contributed by atoms with E-state index in [1.54, 1.807) is 51.0 Å². The molecule has 208 valence electrons. The van der Waals surface area contributed by atoms with E-state index in [0.717, 1.165) is 11.3 Å². The summed E-state index contributed by atoms with van der Waals surface area (Å²) in [6.07, 6.45) is 2.59. The third-order valence-corrected chi connectivity index (χ3v) is 5.60. The maximum atomic E-state index is 12.8. The fourth-order valence-electron chi connectivity index (χ4n) is 3.52. The second-order valence-electron chi connectivity index (χ2n) is 10.2. The Hall–Kier alpha value is -4.34. The summed E-state index contributed by atoms with van der Waals surface area (Å²) in [6.45, 7) is 8.33. The van der Waals surface area contributed by atoms with Gasteiger partial charge in [0.25, 0.3) is 0 Å². The first-order valence-electron chi connectivity index (χ1n) is 12.8. The topological polar surface area (TPSA) is 106 Å². The summed E-state index contributed by atoms with van der Waals surface area (Å²) < 4.78 is 12.7. The van der Waals surface area contributed by atoms with Crippen molar-refractivity contribution in [3.8, 4) is 5.75 Å². The molecular formula is C29H37N5O5. The number of aryl methyl sites for hydroxylation is 1. The molecule has 0 fully saturated rings. The van der Waals surface area contributed by atoms with Crippen LogP contribution in [-0.2, 0) is 20.9 Å². The van der Waals surface area contributed by atoms with Gasteiger partial charge in [-0.2, -0.15) is 5.10 Å². The van der Waals surface area contributed by atoms with E-state index in [4.69, 9.17) is 9.47 Å². The number of hydrogen-bond acceptors (Lipinski definition) is 6. The van der Waals surface area contributed by atoms with E-state index in [1.807, 2.05) is 49.4 Å². The summed E-state index contributed by atoms with van der Waals surface area (Å²) in [4.78, 5) is 41.0. The van der Waals surface area contributed by atoms with E-state index < -0.39 is 11.7 Å². The Bertz CT molecular complexity index is 1230. The van der Waals surface area contributed by atoms with Gasteiger partial charge in [-0.25, -0.2) is 4.79 Å². The van der Waals surface area contributed by atoms with Crippen LogP contribution in [0.25, 0.3) is 0 Å². The Labute approximate surface area is 229 Å². The zero-order valence-electron chi connectivity index (χ0n) is 23.2. The van der Waals surface area contributed by atoms with E-state index in [1.165, 1.54) is 15.8 Å². The number of carbonyl (C=O) groups is 3. The van der Waals surface area contributed by atoms with Crippen LogP contribution in [-0.4, -0.2) is 64.9 Å². The molecule has 3 amide bonds. The average Bonchev–Trinajstić information content (AvgIpc) is 3.31. The summed E-state index contributed by atoms with van der Waals surface area (Å²) in [5.41, 5.74) is 1.58. The largest absolute Gasteiger partial charge is 0.492 e. The predicted molar refractivity (Wildman–Crippen MR) is 150 cm³/mol. The minimum atomic E-state index is -0.666. The summed E-state index contributed by atoms with van der Waals surface area (Å²) >= 11 is 0. The van der Waals surface area contributed by atoms with Crippen LogP contribution < -0.4 is 15.0 Å². The van der Waals surface area contributed by atoms with E-state index in [9.17, 15) is 14.4 Å². The first-order valence-corrected chi connectivity index (χ1v) is 12.8. The lowest BCUT2D eigenvalue weighted by Gasteiger charge is -2.27. The first kappa shape index (κ1) is 29.2. The minimum Gasteiger partial charge on any atom is -0.492 e. The molecule has 2 aromatic carbocycles. The van der Waals surface area contributed by atoms with Gasteiger partial charge in [0.05, 0.1) is 18.4 Å². The number of anilines is 2. The fourth-order valence-corrected chi connectivity index (χ4v) is 3.52. The first-order chi connectivity index (χ1) is 18.5. The zero-order chi connectivity index (χ0) is 28.4. The molecule has 0 aliphatic rings. The molecule has 1 N–H and O–H groups in total. The van der Waals surface area contributed by atoms with Crippen LogP contribution in [0.5, 0.6) is 5.75 Å². The van der Waals surface area contributed by atoms with Crippen LogP contribution in [0, 0.1) is 6.92 Å². The minimum absolute atomic E-state index is 0.0251. The van der Waals surface area contributed by atoms with Crippen molar-refractivity contribution in [2.75, 3.05) is 37.0 Å². The van der Waals surface area contributed by atoms with Crippen molar-refractivity contribution in [3.63, 3.8) is 0 Å². The molecule has 0 aliphatic heterocycles. The number of ether oxygens (including phenoxy) is 2. The van der Waals surface area contributed by atoms with Crippen molar-refractivity contribution in [3.05, 3.63) is 72.6 Å². The van der Waals surface area contributed by atoms with Gasteiger partial charge < -0.3 is 19.7 Å². The number of benzene rings is 2. The number of aromatic nitrogens is 2. The van der Waals surface area contributed by atoms with E-state index >= 15 is 0 Å². The lowest BCUT2D eigenvalue weighted by Crippen LogP contribution is -2.38. The Morgan fingerprint density at radius 3 is 2.36 bits per heavy atom. The predicted octanol–water partition coefficient (Wildman–Crippen LogP) is 4.50. The van der Waals surface area contributed by atoms with Crippen molar-refractivity contribution >= 4 is 29.3 Å². The Morgan fingerprint density at radius 1 is 1.00 bits per heavy atom. The molecule has 0 saturated carbocycles. The molecule has 0 unspecified atom stereocenters.